The van der Waals surface area contributed by atoms with E-state index in [2.05, 4.69) is 102 Å². The Morgan fingerprint density at radius 1 is 0.907 bits per heavy atom. The summed E-state index contributed by atoms with van der Waals surface area (Å²) < 4.78 is 4.76. The molecule has 0 radical (unpaired) electrons. The van der Waals surface area contributed by atoms with Crippen LogP contribution in [0.2, 0.25) is 0 Å². The molecule has 2 aliphatic rings. The van der Waals surface area contributed by atoms with Gasteiger partial charge in [0.15, 0.2) is 0 Å². The fourth-order valence-corrected chi connectivity index (χ4v) is 8.39. The highest BCUT2D eigenvalue weighted by molar-refractivity contribution is 5.86. The van der Waals surface area contributed by atoms with Gasteiger partial charge in [0, 0.05) is 13.1 Å². The molecule has 0 bridgehead atoms. The Kier molecular flexibility index (Phi) is 9.72. The molecule has 12 nitrogen and oxygen atoms in total. The van der Waals surface area contributed by atoms with Crippen LogP contribution in [0.1, 0.15) is 78.0 Å². The summed E-state index contributed by atoms with van der Waals surface area (Å²) in [4.78, 5) is 57.7. The lowest BCUT2D eigenvalue weighted by atomic mass is 9.71. The van der Waals surface area contributed by atoms with Crippen molar-refractivity contribution in [1.82, 2.24) is 35.1 Å². The van der Waals surface area contributed by atoms with E-state index in [1.54, 1.807) is 4.90 Å². The second-order valence-corrected chi connectivity index (χ2v) is 15.8. The molecule has 4 heterocycles. The number of hydrogen-bond donors (Lipinski definition) is 4. The van der Waals surface area contributed by atoms with Gasteiger partial charge in [-0.05, 0) is 77.0 Å². The van der Waals surface area contributed by atoms with Gasteiger partial charge < -0.3 is 30.0 Å². The van der Waals surface area contributed by atoms with Crippen molar-refractivity contribution in [2.75, 3.05) is 20.2 Å². The lowest BCUT2D eigenvalue weighted by Gasteiger charge is -2.45. The number of amides is 3. The third kappa shape index (κ3) is 6.58. The number of imidazole rings is 2. The first-order valence-electron chi connectivity index (χ1n) is 18.7. The molecule has 3 aromatic carbocycles. The number of methoxy groups -OCH3 is 1. The number of fused-ring (bicyclic) bond motifs is 1. The highest BCUT2D eigenvalue weighted by Crippen LogP contribution is 2.50. The average molecular weight is 732 g/mol. The second kappa shape index (κ2) is 14.3. The minimum Gasteiger partial charge on any atom is -0.465 e. The van der Waals surface area contributed by atoms with Gasteiger partial charge in [-0.15, -0.1) is 0 Å². The quantitative estimate of drug-likeness (QED) is 0.125. The minimum atomic E-state index is -0.914. The van der Waals surface area contributed by atoms with Crippen molar-refractivity contribution in [2.45, 2.75) is 77.9 Å². The number of nitrogens with one attached hydrogen (secondary N) is 3. The zero-order valence-corrected chi connectivity index (χ0v) is 31.8. The Bertz CT molecular complexity index is 2170. The number of carbonyl (C=O) groups is 3. The number of H-pyrrole nitrogens is 2. The molecule has 0 spiro atoms. The van der Waals surface area contributed by atoms with E-state index in [-0.39, 0.29) is 23.3 Å². The van der Waals surface area contributed by atoms with Gasteiger partial charge in [0.25, 0.3) is 0 Å². The summed E-state index contributed by atoms with van der Waals surface area (Å²) in [7, 11) is 1.29. The van der Waals surface area contributed by atoms with E-state index >= 15 is 0 Å². The Labute approximate surface area is 315 Å². The molecule has 12 heteroatoms. The van der Waals surface area contributed by atoms with Crippen LogP contribution < -0.4 is 5.32 Å². The van der Waals surface area contributed by atoms with E-state index in [1.165, 1.54) is 7.11 Å². The van der Waals surface area contributed by atoms with Gasteiger partial charge in [-0.1, -0.05) is 89.2 Å². The molecular formula is C42H49N7O5. The monoisotopic (exact) mass is 731 g/mol. The third-order valence-electron chi connectivity index (χ3n) is 11.3. The smallest absolute Gasteiger partial charge is 0.408 e. The Balaban J connectivity index is 1.06. The Morgan fingerprint density at radius 3 is 2.15 bits per heavy atom. The average Bonchev–Trinajstić information content (AvgIpc) is 3.98. The van der Waals surface area contributed by atoms with Crippen LogP contribution in [0, 0.1) is 11.3 Å². The van der Waals surface area contributed by atoms with Crippen LogP contribution >= 0.6 is 0 Å². The Hall–Kier alpha value is -5.65. The van der Waals surface area contributed by atoms with Crippen molar-refractivity contribution < 1.29 is 24.2 Å². The minimum absolute atomic E-state index is 0.0993. The van der Waals surface area contributed by atoms with Crippen LogP contribution in [0.25, 0.3) is 44.5 Å². The van der Waals surface area contributed by atoms with Crippen LogP contribution in [0.3, 0.4) is 0 Å². The number of aromatic amines is 2. The van der Waals surface area contributed by atoms with Crippen LogP contribution in [0.4, 0.5) is 9.59 Å². The SMILES string of the molecule is COC(=O)N[C@H](C(=O)N1CCC[C@H]1c1ncc(-c2ccc(-c3ccc(-c4ccc5nc([C@@]6(C(C)(C)C)CCCN6C(=O)O)[nH]c5c4)cc3)cc2)[nH]1)C(C)C. The third-order valence-corrected chi connectivity index (χ3v) is 11.3. The fraction of sp³-hybridized carbons (Fsp3) is 0.405. The van der Waals surface area contributed by atoms with Crippen LogP contribution in [-0.4, -0.2) is 79.2 Å². The summed E-state index contributed by atoms with van der Waals surface area (Å²) in [5.41, 5.74) is 6.76. The van der Waals surface area contributed by atoms with Gasteiger partial charge in [0.2, 0.25) is 5.91 Å². The van der Waals surface area contributed by atoms with Crippen molar-refractivity contribution in [2.24, 2.45) is 11.3 Å². The van der Waals surface area contributed by atoms with Crippen molar-refractivity contribution in [3.05, 3.63) is 84.6 Å². The maximum absolute atomic E-state index is 13.5. The predicted molar refractivity (Wildman–Crippen MR) is 207 cm³/mol. The van der Waals surface area contributed by atoms with E-state index in [9.17, 15) is 19.5 Å². The molecule has 0 aliphatic carbocycles. The number of likely N-dealkylation sites (tertiary alicyclic amines) is 2. The van der Waals surface area contributed by atoms with Crippen molar-refractivity contribution in [3.63, 3.8) is 0 Å². The van der Waals surface area contributed by atoms with Crippen molar-refractivity contribution in [1.29, 1.82) is 0 Å². The fourth-order valence-electron chi connectivity index (χ4n) is 8.39. The molecule has 282 valence electrons. The topological polar surface area (TPSA) is 157 Å². The first-order valence-corrected chi connectivity index (χ1v) is 18.7. The number of carboxylic acid groups (broad SMARTS) is 1. The summed E-state index contributed by atoms with van der Waals surface area (Å²) in [6, 6.07) is 22.0. The molecular weight excluding hydrogens is 683 g/mol. The molecule has 2 aromatic heterocycles. The standard InChI is InChI=1S/C42H49N7O5/c1-25(2)35(47-39(51)54-6)37(50)48-21-7-9-34(48)36-43-24-33(44-36)29-16-14-27(15-17-29)26-10-12-28(13-11-26)30-18-19-31-32(23-30)46-38(45-31)42(41(3,4)5)20-8-22-49(42)40(52)53/h10-19,23-25,34-35H,7-9,20-22H2,1-6H3,(H,43,44)(H,45,46)(H,47,51)(H,52,53)/t34-,35-,42+/m0/s1. The number of ether oxygens (including phenoxy) is 1. The summed E-state index contributed by atoms with van der Waals surface area (Å²) in [5.74, 6) is 1.20. The first-order chi connectivity index (χ1) is 25.8. The maximum Gasteiger partial charge on any atom is 0.408 e. The molecule has 4 N–H and O–H groups in total. The van der Waals surface area contributed by atoms with Crippen molar-refractivity contribution in [3.8, 4) is 33.5 Å². The lowest BCUT2D eigenvalue weighted by Crippen LogP contribution is -2.53. The molecule has 2 saturated heterocycles. The zero-order valence-electron chi connectivity index (χ0n) is 31.8. The van der Waals surface area contributed by atoms with E-state index in [4.69, 9.17) is 9.72 Å². The van der Waals surface area contributed by atoms with Gasteiger partial charge >= 0.3 is 12.2 Å². The molecule has 2 fully saturated rings. The number of carbonyl (C=O) groups excluding carboxylic acids is 2. The highest BCUT2D eigenvalue weighted by Gasteiger charge is 2.55. The van der Waals surface area contributed by atoms with Gasteiger partial charge in [0.05, 0.1) is 36.1 Å². The number of hydrogen-bond acceptors (Lipinski definition) is 6. The van der Waals surface area contributed by atoms with Crippen LogP contribution in [0.15, 0.2) is 72.9 Å². The van der Waals surface area contributed by atoms with Crippen molar-refractivity contribution >= 4 is 29.1 Å². The molecule has 0 saturated carbocycles. The van der Waals surface area contributed by atoms with E-state index < -0.39 is 23.8 Å². The molecule has 54 heavy (non-hydrogen) atoms. The normalized spacial score (nSPS) is 19.4. The predicted octanol–water partition coefficient (Wildman–Crippen LogP) is 8.35. The summed E-state index contributed by atoms with van der Waals surface area (Å²) in [6.07, 6.45) is 3.44. The van der Waals surface area contributed by atoms with Gasteiger partial charge in [-0.25, -0.2) is 19.6 Å². The molecule has 2 aliphatic heterocycles. The van der Waals surface area contributed by atoms with E-state index in [1.807, 2.05) is 31.0 Å². The summed E-state index contributed by atoms with van der Waals surface area (Å²) in [6.45, 7) is 11.2. The van der Waals surface area contributed by atoms with Gasteiger partial charge in [0.1, 0.15) is 23.2 Å². The first kappa shape index (κ1) is 36.7. The second-order valence-electron chi connectivity index (χ2n) is 15.8. The summed E-state index contributed by atoms with van der Waals surface area (Å²) in [5, 5.41) is 12.8. The number of rotatable bonds is 8. The number of benzene rings is 3. The number of nitrogens with zero attached hydrogens (tertiary/aromatic N) is 4. The number of alkyl carbamates (subject to hydrolysis) is 1. The zero-order chi connectivity index (χ0) is 38.4. The lowest BCUT2D eigenvalue weighted by molar-refractivity contribution is -0.135. The van der Waals surface area contributed by atoms with E-state index in [0.717, 1.165) is 76.1 Å². The molecule has 0 unspecified atom stereocenters. The van der Waals surface area contributed by atoms with Crippen LogP contribution in [0.5, 0.6) is 0 Å². The van der Waals surface area contributed by atoms with Gasteiger partial charge in [-0.3, -0.25) is 9.69 Å². The van der Waals surface area contributed by atoms with E-state index in [0.29, 0.717) is 18.9 Å². The van der Waals surface area contributed by atoms with Crippen LogP contribution in [-0.2, 0) is 15.1 Å². The molecule has 5 aromatic rings. The number of aromatic nitrogens is 4. The Morgan fingerprint density at radius 2 is 1.54 bits per heavy atom. The molecule has 3 amide bonds. The van der Waals surface area contributed by atoms with Gasteiger partial charge in [-0.2, -0.15) is 0 Å². The maximum atomic E-state index is 13.5. The summed E-state index contributed by atoms with van der Waals surface area (Å²) >= 11 is 0. The molecule has 3 atom stereocenters. The highest BCUT2D eigenvalue weighted by atomic mass is 16.5. The largest absolute Gasteiger partial charge is 0.465 e. The molecule has 7 rings (SSSR count).